The standard InChI is InChI=1S/C26H30N2O3S/c1-31-25-11-13-26(14-12-25)32(29,30)27-19-21-7-5-9-23(17-21)24-10-6-8-22(18-24)20-28-15-3-2-4-16-28/h5-14,17-18,27H,2-4,15-16,19-20H2,1H3. The highest BCUT2D eigenvalue weighted by atomic mass is 32.2. The monoisotopic (exact) mass is 450 g/mol. The van der Waals surface area contributed by atoms with E-state index in [2.05, 4.69) is 46.0 Å². The van der Waals surface area contributed by atoms with Crippen LogP contribution in [0, 0.1) is 0 Å². The van der Waals surface area contributed by atoms with Gasteiger partial charge in [-0.25, -0.2) is 13.1 Å². The second-order valence-electron chi connectivity index (χ2n) is 8.24. The third kappa shape index (κ3) is 5.76. The predicted octanol–water partition coefficient (Wildman–Crippen LogP) is 4.83. The third-order valence-electron chi connectivity index (χ3n) is 5.88. The quantitative estimate of drug-likeness (QED) is 0.534. The molecule has 6 heteroatoms. The van der Waals surface area contributed by atoms with Crippen LogP contribution in [0.15, 0.2) is 77.7 Å². The summed E-state index contributed by atoms with van der Waals surface area (Å²) in [7, 11) is -2.04. The zero-order valence-electron chi connectivity index (χ0n) is 18.5. The lowest BCUT2D eigenvalue weighted by molar-refractivity contribution is 0.221. The van der Waals surface area contributed by atoms with Crippen molar-refractivity contribution in [1.29, 1.82) is 0 Å². The average molecular weight is 451 g/mol. The zero-order chi connectivity index (χ0) is 22.4. The van der Waals surface area contributed by atoms with Crippen molar-refractivity contribution < 1.29 is 13.2 Å². The fraction of sp³-hybridized carbons (Fsp3) is 0.308. The van der Waals surface area contributed by atoms with Crippen LogP contribution in [-0.2, 0) is 23.1 Å². The number of hydrogen-bond donors (Lipinski definition) is 1. The number of sulfonamides is 1. The topological polar surface area (TPSA) is 58.6 Å². The summed E-state index contributed by atoms with van der Waals surface area (Å²) in [5.41, 5.74) is 4.47. The van der Waals surface area contributed by atoms with Gasteiger partial charge in [0.05, 0.1) is 12.0 Å². The Morgan fingerprint density at radius 1 is 0.844 bits per heavy atom. The molecule has 3 aromatic rings. The molecule has 4 rings (SSSR count). The summed E-state index contributed by atoms with van der Waals surface area (Å²) in [6, 6.07) is 23.1. The Hall–Kier alpha value is -2.67. The Kier molecular flexibility index (Phi) is 7.25. The van der Waals surface area contributed by atoms with Crippen molar-refractivity contribution in [3.05, 3.63) is 83.9 Å². The molecule has 0 spiro atoms. The first-order chi connectivity index (χ1) is 15.5. The Morgan fingerprint density at radius 2 is 1.47 bits per heavy atom. The SMILES string of the molecule is COc1ccc(S(=O)(=O)NCc2cccc(-c3cccc(CN4CCCCC4)c3)c2)cc1. The Labute approximate surface area is 191 Å². The maximum absolute atomic E-state index is 12.6. The van der Waals surface area contributed by atoms with Crippen LogP contribution in [0.5, 0.6) is 5.75 Å². The van der Waals surface area contributed by atoms with E-state index >= 15 is 0 Å². The van der Waals surface area contributed by atoms with Gasteiger partial charge >= 0.3 is 0 Å². The third-order valence-corrected chi connectivity index (χ3v) is 7.30. The fourth-order valence-electron chi connectivity index (χ4n) is 4.10. The van der Waals surface area contributed by atoms with Gasteiger partial charge in [0.25, 0.3) is 0 Å². The van der Waals surface area contributed by atoms with E-state index in [9.17, 15) is 8.42 Å². The van der Waals surface area contributed by atoms with Gasteiger partial charge < -0.3 is 4.74 Å². The van der Waals surface area contributed by atoms with Crippen molar-refractivity contribution in [2.75, 3.05) is 20.2 Å². The van der Waals surface area contributed by atoms with Crippen molar-refractivity contribution in [2.45, 2.75) is 37.2 Å². The van der Waals surface area contributed by atoms with E-state index in [4.69, 9.17) is 4.74 Å². The highest BCUT2D eigenvalue weighted by molar-refractivity contribution is 7.89. The first kappa shape index (κ1) is 22.5. The molecular weight excluding hydrogens is 420 g/mol. The number of benzene rings is 3. The number of likely N-dealkylation sites (tertiary alicyclic amines) is 1. The number of nitrogens with zero attached hydrogens (tertiary/aromatic N) is 1. The van der Waals surface area contributed by atoms with E-state index in [1.165, 1.54) is 37.9 Å². The van der Waals surface area contributed by atoms with Gasteiger partial charge in [-0.3, -0.25) is 4.90 Å². The molecule has 1 saturated heterocycles. The average Bonchev–Trinajstić information content (AvgIpc) is 2.84. The van der Waals surface area contributed by atoms with Crippen LogP contribution in [0.25, 0.3) is 11.1 Å². The lowest BCUT2D eigenvalue weighted by Crippen LogP contribution is -2.29. The molecule has 0 atom stereocenters. The Balaban J connectivity index is 1.44. The van der Waals surface area contributed by atoms with Crippen LogP contribution >= 0.6 is 0 Å². The lowest BCUT2D eigenvalue weighted by atomic mass is 10.0. The molecule has 1 N–H and O–H groups in total. The molecule has 0 radical (unpaired) electrons. The summed E-state index contributed by atoms with van der Waals surface area (Å²) >= 11 is 0. The van der Waals surface area contributed by atoms with Crippen molar-refractivity contribution in [2.24, 2.45) is 0 Å². The first-order valence-electron chi connectivity index (χ1n) is 11.1. The van der Waals surface area contributed by atoms with Crippen molar-refractivity contribution in [3.8, 4) is 16.9 Å². The number of ether oxygens (including phenoxy) is 1. The number of rotatable bonds is 8. The van der Waals surface area contributed by atoms with Crippen LogP contribution in [-0.4, -0.2) is 33.5 Å². The van der Waals surface area contributed by atoms with Gasteiger partial charge in [0, 0.05) is 13.1 Å². The molecule has 3 aromatic carbocycles. The molecule has 5 nitrogen and oxygen atoms in total. The van der Waals surface area contributed by atoms with Crippen molar-refractivity contribution in [3.63, 3.8) is 0 Å². The molecule has 168 valence electrons. The molecular formula is C26H30N2O3S. The van der Waals surface area contributed by atoms with E-state index in [1.54, 1.807) is 31.4 Å². The van der Waals surface area contributed by atoms with E-state index in [0.29, 0.717) is 5.75 Å². The molecule has 1 aliphatic heterocycles. The molecule has 1 heterocycles. The highest BCUT2D eigenvalue weighted by Gasteiger charge is 2.14. The molecule has 0 aliphatic carbocycles. The molecule has 32 heavy (non-hydrogen) atoms. The molecule has 0 saturated carbocycles. The maximum Gasteiger partial charge on any atom is 0.240 e. The lowest BCUT2D eigenvalue weighted by Gasteiger charge is -2.26. The van der Waals surface area contributed by atoms with Crippen LogP contribution < -0.4 is 9.46 Å². The normalized spacial score (nSPS) is 14.9. The minimum absolute atomic E-state index is 0.222. The molecule has 0 bridgehead atoms. The van der Waals surface area contributed by atoms with Crippen LogP contribution in [0.1, 0.15) is 30.4 Å². The van der Waals surface area contributed by atoms with Crippen molar-refractivity contribution in [1.82, 2.24) is 9.62 Å². The van der Waals surface area contributed by atoms with E-state index in [-0.39, 0.29) is 11.4 Å². The van der Waals surface area contributed by atoms with Gasteiger partial charge in [-0.2, -0.15) is 0 Å². The van der Waals surface area contributed by atoms with Gasteiger partial charge in [0.2, 0.25) is 10.0 Å². The minimum atomic E-state index is -3.60. The van der Waals surface area contributed by atoms with E-state index < -0.39 is 10.0 Å². The second-order valence-corrected chi connectivity index (χ2v) is 10.0. The van der Waals surface area contributed by atoms with Gasteiger partial charge in [-0.05, 0) is 84.6 Å². The highest BCUT2D eigenvalue weighted by Crippen LogP contribution is 2.23. The maximum atomic E-state index is 12.6. The van der Waals surface area contributed by atoms with Crippen LogP contribution in [0.3, 0.4) is 0 Å². The van der Waals surface area contributed by atoms with Gasteiger partial charge in [-0.1, -0.05) is 42.8 Å². The number of methoxy groups -OCH3 is 1. The summed E-state index contributed by atoms with van der Waals surface area (Å²) in [6.45, 7) is 3.56. The summed E-state index contributed by atoms with van der Waals surface area (Å²) in [5, 5.41) is 0. The van der Waals surface area contributed by atoms with Crippen molar-refractivity contribution >= 4 is 10.0 Å². The smallest absolute Gasteiger partial charge is 0.240 e. The zero-order valence-corrected chi connectivity index (χ0v) is 19.3. The van der Waals surface area contributed by atoms with Gasteiger partial charge in [0.15, 0.2) is 0 Å². The van der Waals surface area contributed by atoms with E-state index in [1.807, 2.05) is 12.1 Å². The predicted molar refractivity (Wildman–Crippen MR) is 128 cm³/mol. The Morgan fingerprint density at radius 3 is 2.12 bits per heavy atom. The summed E-state index contributed by atoms with van der Waals surface area (Å²) in [4.78, 5) is 2.74. The second kappa shape index (κ2) is 10.3. The molecule has 1 fully saturated rings. The number of hydrogen-bond acceptors (Lipinski definition) is 4. The number of piperidine rings is 1. The Bertz CT molecular complexity index is 1140. The number of nitrogens with one attached hydrogen (secondary N) is 1. The fourth-order valence-corrected chi connectivity index (χ4v) is 5.12. The minimum Gasteiger partial charge on any atom is -0.497 e. The van der Waals surface area contributed by atoms with Crippen LogP contribution in [0.2, 0.25) is 0 Å². The molecule has 0 aromatic heterocycles. The van der Waals surface area contributed by atoms with Gasteiger partial charge in [-0.15, -0.1) is 0 Å². The summed E-state index contributed by atoms with van der Waals surface area (Å²) in [6.07, 6.45) is 3.91. The largest absolute Gasteiger partial charge is 0.497 e. The first-order valence-corrected chi connectivity index (χ1v) is 12.6. The van der Waals surface area contributed by atoms with E-state index in [0.717, 1.165) is 23.2 Å². The summed E-state index contributed by atoms with van der Waals surface area (Å²) < 4.78 is 33.1. The van der Waals surface area contributed by atoms with Crippen LogP contribution in [0.4, 0.5) is 0 Å². The molecule has 1 aliphatic rings. The molecule has 0 amide bonds. The summed E-state index contributed by atoms with van der Waals surface area (Å²) in [5.74, 6) is 0.624. The van der Waals surface area contributed by atoms with Gasteiger partial charge in [0.1, 0.15) is 5.75 Å². The molecule has 0 unspecified atom stereocenters.